The van der Waals surface area contributed by atoms with Crippen molar-refractivity contribution in [2.75, 3.05) is 13.7 Å². The van der Waals surface area contributed by atoms with E-state index >= 15 is 0 Å². The molecule has 1 unspecified atom stereocenters. The Hall–Kier alpha value is -2.44. The quantitative estimate of drug-likeness (QED) is 0.0817. The van der Waals surface area contributed by atoms with Crippen molar-refractivity contribution in [2.24, 2.45) is 0 Å². The van der Waals surface area contributed by atoms with Gasteiger partial charge in [-0.25, -0.2) is 0 Å². The fourth-order valence-corrected chi connectivity index (χ4v) is 5.25. The molecular formula is C34H50NO6P-2. The largest absolute Gasteiger partial charge is 0.790 e. The molecule has 0 saturated heterocycles. The van der Waals surface area contributed by atoms with Crippen LogP contribution in [0.25, 0.3) is 11.1 Å². The Morgan fingerprint density at radius 3 is 1.88 bits per heavy atom. The van der Waals surface area contributed by atoms with Gasteiger partial charge in [0.1, 0.15) is 5.75 Å². The van der Waals surface area contributed by atoms with Crippen LogP contribution in [0.3, 0.4) is 0 Å². The number of phosphoric acid groups is 1. The average Bonchev–Trinajstić information content (AvgIpc) is 2.98. The van der Waals surface area contributed by atoms with E-state index in [9.17, 15) is 19.1 Å². The second-order valence-corrected chi connectivity index (χ2v) is 12.1. The van der Waals surface area contributed by atoms with E-state index in [0.29, 0.717) is 12.8 Å². The summed E-state index contributed by atoms with van der Waals surface area (Å²) in [5.74, 6) is 0.618. The molecule has 42 heavy (non-hydrogen) atoms. The van der Waals surface area contributed by atoms with Crippen LogP contribution >= 0.6 is 7.82 Å². The van der Waals surface area contributed by atoms with Crippen LogP contribution in [0.4, 0.5) is 0 Å². The summed E-state index contributed by atoms with van der Waals surface area (Å²) in [5.41, 5.74) is 2.95. The van der Waals surface area contributed by atoms with Crippen LogP contribution in [0, 0.1) is 0 Å². The third-order valence-electron chi connectivity index (χ3n) is 7.32. The fourth-order valence-electron chi connectivity index (χ4n) is 4.89. The Morgan fingerprint density at radius 2 is 1.33 bits per heavy atom. The molecule has 0 bridgehead atoms. The van der Waals surface area contributed by atoms with Gasteiger partial charge in [-0.05, 0) is 67.3 Å². The highest BCUT2D eigenvalue weighted by molar-refractivity contribution is 7.43. The maximum Gasteiger partial charge on any atom is 0.220 e. The number of carbonyl (C=O) groups excluding carboxylic acids is 1. The standard InChI is InChI=1S/C34H52NO6P/c1-3-4-5-6-7-8-9-10-11-12-13-14-15-16-17-18-34(36)35-32(28-41-42(37,38)39)27-29-19-21-30(22-20-29)31-23-25-33(40-2)26-24-31/h10-11,19-26,32H,3-9,12-18,27-28H2,1-2H3,(H,35,36)(H2,37,38,39)/p-2/b11-10-. The molecule has 2 rings (SSSR count). The van der Waals surface area contributed by atoms with E-state index in [2.05, 4.69) is 28.9 Å². The Morgan fingerprint density at radius 1 is 0.810 bits per heavy atom. The maximum atomic E-state index is 12.6. The summed E-state index contributed by atoms with van der Waals surface area (Å²) in [4.78, 5) is 34.7. The van der Waals surface area contributed by atoms with Gasteiger partial charge in [-0.15, -0.1) is 0 Å². The molecule has 0 radical (unpaired) electrons. The smallest absolute Gasteiger partial charge is 0.220 e. The van der Waals surface area contributed by atoms with E-state index in [0.717, 1.165) is 54.5 Å². The van der Waals surface area contributed by atoms with Crippen LogP contribution in [-0.4, -0.2) is 25.7 Å². The SMILES string of the molecule is CCCCCCCC/C=C\CCCCCCCC(=O)NC(COP(=O)([O-])[O-])Cc1ccc(-c2ccc(OC)cc2)cc1. The molecule has 1 atom stereocenters. The van der Waals surface area contributed by atoms with Gasteiger partial charge in [-0.3, -0.25) is 4.79 Å². The van der Waals surface area contributed by atoms with Crippen molar-refractivity contribution < 1.29 is 28.4 Å². The van der Waals surface area contributed by atoms with Crippen LogP contribution in [0.2, 0.25) is 0 Å². The number of unbranched alkanes of at least 4 members (excludes halogenated alkanes) is 11. The molecule has 1 amide bonds. The molecule has 0 spiro atoms. The highest BCUT2D eigenvalue weighted by atomic mass is 31.2. The Kier molecular flexibility index (Phi) is 18.1. The van der Waals surface area contributed by atoms with Crippen molar-refractivity contribution in [1.82, 2.24) is 5.32 Å². The maximum absolute atomic E-state index is 12.6. The van der Waals surface area contributed by atoms with E-state index in [1.54, 1.807) is 7.11 Å². The number of ether oxygens (including phenoxy) is 1. The number of rotatable bonds is 23. The summed E-state index contributed by atoms with van der Waals surface area (Å²) in [6.07, 6.45) is 20.8. The average molecular weight is 600 g/mol. The second kappa shape index (κ2) is 21.3. The zero-order valence-corrected chi connectivity index (χ0v) is 26.5. The zero-order valence-electron chi connectivity index (χ0n) is 25.6. The highest BCUT2D eigenvalue weighted by Crippen LogP contribution is 2.26. The monoisotopic (exact) mass is 599 g/mol. The van der Waals surface area contributed by atoms with Crippen LogP contribution in [0.15, 0.2) is 60.7 Å². The predicted octanol–water partition coefficient (Wildman–Crippen LogP) is 7.27. The third kappa shape index (κ3) is 16.9. The number of allylic oxidation sites excluding steroid dienone is 2. The van der Waals surface area contributed by atoms with Gasteiger partial charge in [-0.1, -0.05) is 107 Å². The normalized spacial score (nSPS) is 12.5. The van der Waals surface area contributed by atoms with Crippen molar-refractivity contribution in [3.63, 3.8) is 0 Å². The minimum Gasteiger partial charge on any atom is -0.790 e. The van der Waals surface area contributed by atoms with E-state index < -0.39 is 13.9 Å². The van der Waals surface area contributed by atoms with Crippen molar-refractivity contribution in [3.8, 4) is 16.9 Å². The summed E-state index contributed by atoms with van der Waals surface area (Å²) in [6, 6.07) is 14.9. The van der Waals surface area contributed by atoms with Crippen molar-refractivity contribution in [2.45, 2.75) is 109 Å². The van der Waals surface area contributed by atoms with Gasteiger partial charge in [0, 0.05) is 6.42 Å². The first-order chi connectivity index (χ1) is 20.3. The van der Waals surface area contributed by atoms with E-state index in [1.807, 2.05) is 48.5 Å². The highest BCUT2D eigenvalue weighted by Gasteiger charge is 2.15. The fraction of sp³-hybridized carbons (Fsp3) is 0.559. The minimum absolute atomic E-state index is 0.164. The molecule has 0 aromatic heterocycles. The number of phosphoric ester groups is 1. The minimum atomic E-state index is -5.14. The lowest BCUT2D eigenvalue weighted by Gasteiger charge is -2.31. The van der Waals surface area contributed by atoms with Gasteiger partial charge in [0.2, 0.25) is 5.91 Å². The number of amides is 1. The summed E-state index contributed by atoms with van der Waals surface area (Å²) in [7, 11) is -3.52. The van der Waals surface area contributed by atoms with E-state index in [4.69, 9.17) is 4.74 Å². The van der Waals surface area contributed by atoms with Crippen molar-refractivity contribution in [3.05, 3.63) is 66.2 Å². The first-order valence-electron chi connectivity index (χ1n) is 15.6. The Bertz CT molecular complexity index is 1060. The van der Waals surface area contributed by atoms with Gasteiger partial charge < -0.3 is 28.9 Å². The first-order valence-corrected chi connectivity index (χ1v) is 17.1. The number of hydrogen-bond donors (Lipinski definition) is 1. The molecule has 0 aliphatic heterocycles. The molecule has 0 fully saturated rings. The van der Waals surface area contributed by atoms with Crippen molar-refractivity contribution in [1.29, 1.82) is 0 Å². The Balaban J connectivity index is 1.68. The van der Waals surface area contributed by atoms with Gasteiger partial charge in [0.15, 0.2) is 0 Å². The van der Waals surface area contributed by atoms with Gasteiger partial charge in [0.05, 0.1) is 27.6 Å². The van der Waals surface area contributed by atoms with E-state index in [1.165, 1.54) is 51.4 Å². The number of hydrogen-bond acceptors (Lipinski definition) is 6. The second-order valence-electron chi connectivity index (χ2n) is 11.0. The molecule has 0 aliphatic carbocycles. The molecule has 0 saturated carbocycles. The molecule has 0 heterocycles. The summed E-state index contributed by atoms with van der Waals surface area (Å²) < 4.78 is 20.8. The molecule has 8 heteroatoms. The molecule has 2 aromatic rings. The number of benzene rings is 2. The molecule has 0 aliphatic rings. The van der Waals surface area contributed by atoms with Gasteiger partial charge in [0.25, 0.3) is 0 Å². The lowest BCUT2D eigenvalue weighted by atomic mass is 10.0. The zero-order chi connectivity index (χ0) is 30.5. The van der Waals surface area contributed by atoms with Crippen LogP contribution < -0.4 is 19.8 Å². The number of nitrogens with one attached hydrogen (secondary N) is 1. The Labute approximate surface area is 253 Å². The summed E-state index contributed by atoms with van der Waals surface area (Å²) >= 11 is 0. The lowest BCUT2D eigenvalue weighted by molar-refractivity contribution is -0.342. The molecule has 7 nitrogen and oxygen atoms in total. The van der Waals surface area contributed by atoms with Crippen molar-refractivity contribution >= 4 is 13.7 Å². The number of methoxy groups -OCH3 is 1. The summed E-state index contributed by atoms with van der Waals surface area (Å²) in [5, 5.41) is 2.86. The molecule has 1 N–H and O–H groups in total. The first kappa shape index (κ1) is 35.8. The van der Waals surface area contributed by atoms with Gasteiger partial charge in [-0.2, -0.15) is 0 Å². The van der Waals surface area contributed by atoms with E-state index in [-0.39, 0.29) is 12.5 Å². The van der Waals surface area contributed by atoms with Crippen LogP contribution in [-0.2, 0) is 20.3 Å². The van der Waals surface area contributed by atoms with Gasteiger partial charge >= 0.3 is 0 Å². The van der Waals surface area contributed by atoms with Crippen LogP contribution in [0.5, 0.6) is 5.75 Å². The molecule has 2 aromatic carbocycles. The lowest BCUT2D eigenvalue weighted by Crippen LogP contribution is -2.40. The third-order valence-corrected chi connectivity index (χ3v) is 7.79. The topological polar surface area (TPSA) is 111 Å². The molecule has 234 valence electrons. The molecular weight excluding hydrogens is 549 g/mol. The predicted molar refractivity (Wildman–Crippen MR) is 167 cm³/mol. The van der Waals surface area contributed by atoms with Crippen LogP contribution in [0.1, 0.15) is 102 Å². The number of carbonyl (C=O) groups is 1. The summed E-state index contributed by atoms with van der Waals surface area (Å²) in [6.45, 7) is 1.86.